The Morgan fingerprint density at radius 1 is 1.11 bits per heavy atom. The predicted molar refractivity (Wildman–Crippen MR) is 116 cm³/mol. The number of ether oxygens (including phenoxy) is 1. The standard InChI is InChI=1S/C23H31NO2S/c1-15(2)20-12-21(17(4)11-22(20)26-6)18(5)24-23(25)14-27-13-19-9-7-8-16(3)10-19/h7-12,15,18H,13-14H2,1-6H3,(H,24,25). The summed E-state index contributed by atoms with van der Waals surface area (Å²) >= 11 is 1.65. The summed E-state index contributed by atoms with van der Waals surface area (Å²) in [7, 11) is 1.71. The maximum absolute atomic E-state index is 12.4. The highest BCUT2D eigenvalue weighted by molar-refractivity contribution is 7.99. The van der Waals surface area contributed by atoms with E-state index in [4.69, 9.17) is 4.74 Å². The van der Waals surface area contributed by atoms with Gasteiger partial charge < -0.3 is 10.1 Å². The van der Waals surface area contributed by atoms with Crippen molar-refractivity contribution in [3.05, 3.63) is 64.2 Å². The number of thioether (sulfide) groups is 1. The minimum absolute atomic E-state index is 0.0273. The topological polar surface area (TPSA) is 38.3 Å². The molecule has 1 N–H and O–H groups in total. The number of nitrogens with one attached hydrogen (secondary N) is 1. The third kappa shape index (κ3) is 6.03. The number of methoxy groups -OCH3 is 1. The molecule has 0 aromatic heterocycles. The number of hydrogen-bond donors (Lipinski definition) is 1. The zero-order chi connectivity index (χ0) is 20.0. The van der Waals surface area contributed by atoms with Gasteiger partial charge in [0.25, 0.3) is 0 Å². The van der Waals surface area contributed by atoms with Gasteiger partial charge in [0.15, 0.2) is 0 Å². The van der Waals surface area contributed by atoms with Gasteiger partial charge in [0.2, 0.25) is 5.91 Å². The third-order valence-electron chi connectivity index (χ3n) is 4.67. The average molecular weight is 386 g/mol. The van der Waals surface area contributed by atoms with Crippen molar-refractivity contribution in [3.8, 4) is 5.75 Å². The molecule has 0 fully saturated rings. The van der Waals surface area contributed by atoms with Gasteiger partial charge in [0.1, 0.15) is 5.75 Å². The summed E-state index contributed by atoms with van der Waals surface area (Å²) in [6, 6.07) is 12.6. The number of rotatable bonds is 8. The molecule has 4 heteroatoms. The molecule has 0 aliphatic carbocycles. The summed E-state index contributed by atoms with van der Waals surface area (Å²) in [5, 5.41) is 3.14. The normalized spacial score (nSPS) is 12.1. The number of amides is 1. The molecular formula is C23H31NO2S. The first-order valence-corrected chi connectivity index (χ1v) is 10.6. The Labute approximate surface area is 167 Å². The van der Waals surface area contributed by atoms with Gasteiger partial charge in [-0.15, -0.1) is 11.8 Å². The first-order valence-electron chi connectivity index (χ1n) is 9.43. The van der Waals surface area contributed by atoms with E-state index >= 15 is 0 Å². The highest BCUT2D eigenvalue weighted by atomic mass is 32.2. The Balaban J connectivity index is 1.96. The van der Waals surface area contributed by atoms with Crippen LogP contribution in [0, 0.1) is 13.8 Å². The van der Waals surface area contributed by atoms with Crippen LogP contribution in [0.4, 0.5) is 0 Å². The molecule has 2 aromatic carbocycles. The van der Waals surface area contributed by atoms with Gasteiger partial charge in [-0.1, -0.05) is 43.7 Å². The van der Waals surface area contributed by atoms with Gasteiger partial charge in [-0.3, -0.25) is 4.79 Å². The van der Waals surface area contributed by atoms with Gasteiger partial charge in [-0.05, 0) is 61.1 Å². The maximum atomic E-state index is 12.4. The molecule has 0 aliphatic rings. The van der Waals surface area contributed by atoms with Crippen molar-refractivity contribution in [3.63, 3.8) is 0 Å². The number of carbonyl (C=O) groups excluding carboxylic acids is 1. The van der Waals surface area contributed by atoms with E-state index in [1.54, 1.807) is 18.9 Å². The number of aryl methyl sites for hydroxylation is 2. The van der Waals surface area contributed by atoms with E-state index < -0.39 is 0 Å². The van der Waals surface area contributed by atoms with Crippen LogP contribution < -0.4 is 10.1 Å². The van der Waals surface area contributed by atoms with Crippen LogP contribution in [0.1, 0.15) is 60.5 Å². The second kappa shape index (κ2) is 9.84. The molecule has 0 radical (unpaired) electrons. The second-order valence-electron chi connectivity index (χ2n) is 7.38. The fourth-order valence-corrected chi connectivity index (χ4v) is 4.02. The van der Waals surface area contributed by atoms with Crippen molar-refractivity contribution in [2.45, 2.75) is 52.3 Å². The van der Waals surface area contributed by atoms with Crippen molar-refractivity contribution in [1.29, 1.82) is 0 Å². The molecule has 0 heterocycles. The zero-order valence-corrected chi connectivity index (χ0v) is 18.1. The molecule has 2 rings (SSSR count). The fraction of sp³-hybridized carbons (Fsp3) is 0.435. The summed E-state index contributed by atoms with van der Waals surface area (Å²) in [6.07, 6.45) is 0. The van der Waals surface area contributed by atoms with Crippen LogP contribution in [-0.4, -0.2) is 18.8 Å². The van der Waals surface area contributed by atoms with Gasteiger partial charge in [0, 0.05) is 5.75 Å². The molecule has 1 unspecified atom stereocenters. The van der Waals surface area contributed by atoms with Crippen LogP contribution in [0.2, 0.25) is 0 Å². The number of carbonyl (C=O) groups is 1. The summed E-state index contributed by atoms with van der Waals surface area (Å²) in [4.78, 5) is 12.4. The largest absolute Gasteiger partial charge is 0.496 e. The minimum Gasteiger partial charge on any atom is -0.496 e. The van der Waals surface area contributed by atoms with Gasteiger partial charge in [-0.2, -0.15) is 0 Å². The molecule has 0 bridgehead atoms. The monoisotopic (exact) mass is 385 g/mol. The van der Waals surface area contributed by atoms with Crippen LogP contribution in [0.25, 0.3) is 0 Å². The summed E-state index contributed by atoms with van der Waals surface area (Å²) < 4.78 is 5.52. The lowest BCUT2D eigenvalue weighted by molar-refractivity contribution is -0.119. The molecular weight excluding hydrogens is 354 g/mol. The highest BCUT2D eigenvalue weighted by Crippen LogP contribution is 2.32. The van der Waals surface area contributed by atoms with Crippen molar-refractivity contribution in [2.24, 2.45) is 0 Å². The van der Waals surface area contributed by atoms with Gasteiger partial charge >= 0.3 is 0 Å². The van der Waals surface area contributed by atoms with Crippen LogP contribution in [-0.2, 0) is 10.5 Å². The molecule has 0 aliphatic heterocycles. The summed E-state index contributed by atoms with van der Waals surface area (Å²) in [6.45, 7) is 10.5. The van der Waals surface area contributed by atoms with E-state index in [-0.39, 0.29) is 11.9 Å². The zero-order valence-electron chi connectivity index (χ0n) is 17.3. The van der Waals surface area contributed by atoms with E-state index in [0.717, 1.165) is 22.6 Å². The Hall–Kier alpha value is -1.94. The minimum atomic E-state index is -0.0273. The lowest BCUT2D eigenvalue weighted by Crippen LogP contribution is -2.28. The van der Waals surface area contributed by atoms with Crippen LogP contribution in [0.15, 0.2) is 36.4 Å². The highest BCUT2D eigenvalue weighted by Gasteiger charge is 2.16. The first-order chi connectivity index (χ1) is 12.8. The van der Waals surface area contributed by atoms with Gasteiger partial charge in [-0.25, -0.2) is 0 Å². The van der Waals surface area contributed by atoms with Crippen LogP contribution in [0.3, 0.4) is 0 Å². The second-order valence-corrected chi connectivity index (χ2v) is 8.36. The maximum Gasteiger partial charge on any atom is 0.230 e. The van der Waals surface area contributed by atoms with Crippen LogP contribution in [0.5, 0.6) is 5.75 Å². The molecule has 2 aromatic rings. The molecule has 0 saturated carbocycles. The Morgan fingerprint density at radius 3 is 2.48 bits per heavy atom. The Bertz CT molecular complexity index is 786. The van der Waals surface area contributed by atoms with Crippen LogP contribution >= 0.6 is 11.8 Å². The van der Waals surface area contributed by atoms with E-state index in [2.05, 4.69) is 69.4 Å². The molecule has 1 atom stereocenters. The van der Waals surface area contributed by atoms with E-state index in [0.29, 0.717) is 11.7 Å². The van der Waals surface area contributed by atoms with Crippen molar-refractivity contribution in [2.75, 3.05) is 12.9 Å². The van der Waals surface area contributed by atoms with E-state index in [9.17, 15) is 4.79 Å². The smallest absolute Gasteiger partial charge is 0.230 e. The molecule has 27 heavy (non-hydrogen) atoms. The predicted octanol–water partition coefficient (Wildman–Crippen LogP) is 5.55. The molecule has 146 valence electrons. The molecule has 0 spiro atoms. The van der Waals surface area contributed by atoms with E-state index in [1.807, 2.05) is 6.92 Å². The lowest BCUT2D eigenvalue weighted by atomic mass is 9.93. The van der Waals surface area contributed by atoms with Crippen molar-refractivity contribution in [1.82, 2.24) is 5.32 Å². The number of benzene rings is 2. The third-order valence-corrected chi connectivity index (χ3v) is 5.67. The van der Waals surface area contributed by atoms with Gasteiger partial charge in [0.05, 0.1) is 18.9 Å². The molecule has 3 nitrogen and oxygen atoms in total. The summed E-state index contributed by atoms with van der Waals surface area (Å²) in [5.41, 5.74) is 5.97. The number of hydrogen-bond acceptors (Lipinski definition) is 3. The van der Waals surface area contributed by atoms with Crippen molar-refractivity contribution < 1.29 is 9.53 Å². The Kier molecular flexibility index (Phi) is 7.78. The summed E-state index contributed by atoms with van der Waals surface area (Å²) in [5.74, 6) is 2.67. The fourth-order valence-electron chi connectivity index (χ4n) is 3.23. The van der Waals surface area contributed by atoms with E-state index in [1.165, 1.54) is 16.7 Å². The SMILES string of the molecule is COc1cc(C)c(C(C)NC(=O)CSCc2cccc(C)c2)cc1C(C)C. The Morgan fingerprint density at radius 2 is 1.85 bits per heavy atom. The lowest BCUT2D eigenvalue weighted by Gasteiger charge is -2.21. The average Bonchev–Trinajstić information content (AvgIpc) is 2.61. The first kappa shape index (κ1) is 21.4. The molecule has 1 amide bonds. The quantitative estimate of drug-likeness (QED) is 0.648. The molecule has 0 saturated heterocycles. The van der Waals surface area contributed by atoms with Crippen molar-refractivity contribution >= 4 is 17.7 Å².